The maximum absolute atomic E-state index is 5.95. The minimum Gasteiger partial charge on any atom is -0.357 e. The van der Waals surface area contributed by atoms with Gasteiger partial charge in [-0.15, -0.1) is 0 Å². The Kier molecular flexibility index (Phi) is 4.58. The van der Waals surface area contributed by atoms with E-state index in [0.717, 1.165) is 13.0 Å². The van der Waals surface area contributed by atoms with E-state index in [4.69, 9.17) is 11.6 Å². The van der Waals surface area contributed by atoms with Gasteiger partial charge in [-0.3, -0.25) is 0 Å². The lowest BCUT2D eigenvalue weighted by Gasteiger charge is -2.29. The highest BCUT2D eigenvalue weighted by atomic mass is 35.5. The van der Waals surface area contributed by atoms with E-state index < -0.39 is 0 Å². The van der Waals surface area contributed by atoms with Crippen LogP contribution in [0.3, 0.4) is 0 Å². The molecule has 0 radical (unpaired) electrons. The number of nitrogens with one attached hydrogen (secondary N) is 1. The average Bonchev–Trinajstić information content (AvgIpc) is 2.62. The van der Waals surface area contributed by atoms with Crippen molar-refractivity contribution in [3.63, 3.8) is 0 Å². The van der Waals surface area contributed by atoms with E-state index in [0.29, 0.717) is 17.9 Å². The minimum atomic E-state index is 0.253. The van der Waals surface area contributed by atoms with Gasteiger partial charge in [0.25, 0.3) is 0 Å². The average molecular weight is 270 g/mol. The summed E-state index contributed by atoms with van der Waals surface area (Å²) in [6.45, 7) is 3.22. The molecule has 1 fully saturated rings. The molecule has 1 atom stereocenters. The van der Waals surface area contributed by atoms with Crippen molar-refractivity contribution in [3.8, 4) is 0 Å². The normalized spacial score (nSPS) is 20.6. The van der Waals surface area contributed by atoms with E-state index >= 15 is 0 Å². The molecule has 0 aliphatic carbocycles. The highest BCUT2D eigenvalue weighted by Crippen LogP contribution is 2.24. The Balaban J connectivity index is 2.29. The van der Waals surface area contributed by atoms with Gasteiger partial charge in [0.1, 0.15) is 0 Å². The van der Waals surface area contributed by atoms with Crippen LogP contribution in [-0.2, 0) is 0 Å². The van der Waals surface area contributed by atoms with E-state index in [1.54, 1.807) is 7.05 Å². The second kappa shape index (κ2) is 6.18. The van der Waals surface area contributed by atoms with Crippen LogP contribution in [0.25, 0.3) is 0 Å². The molecule has 0 bridgehead atoms. The largest absolute Gasteiger partial charge is 0.357 e. The van der Waals surface area contributed by atoms with Gasteiger partial charge < -0.3 is 10.2 Å². The molecule has 0 spiro atoms. The molecule has 2 rings (SSSR count). The zero-order valence-electron chi connectivity index (χ0n) is 11.0. The fraction of sp³-hybridized carbons (Fsp3) is 0.750. The molecule has 18 heavy (non-hydrogen) atoms. The Morgan fingerprint density at radius 1 is 1.28 bits per heavy atom. The van der Waals surface area contributed by atoms with E-state index in [9.17, 15) is 0 Å². The van der Waals surface area contributed by atoms with Crippen molar-refractivity contribution in [3.05, 3.63) is 5.28 Å². The molecular formula is C12H20ClN5. The Labute approximate surface area is 113 Å². The van der Waals surface area contributed by atoms with Gasteiger partial charge >= 0.3 is 0 Å². The van der Waals surface area contributed by atoms with Crippen LogP contribution >= 0.6 is 11.6 Å². The number of aromatic nitrogens is 3. The van der Waals surface area contributed by atoms with Gasteiger partial charge in [-0.1, -0.05) is 19.8 Å². The molecule has 6 heteroatoms. The summed E-state index contributed by atoms with van der Waals surface area (Å²) < 4.78 is 0. The fourth-order valence-electron chi connectivity index (χ4n) is 2.44. The van der Waals surface area contributed by atoms with Crippen LogP contribution in [0.1, 0.15) is 39.0 Å². The SMILES string of the molecule is CCC1CCCCCN1c1nc(Cl)nc(NC)n1. The summed E-state index contributed by atoms with van der Waals surface area (Å²) in [7, 11) is 1.79. The number of rotatable bonds is 3. The first-order valence-electron chi connectivity index (χ1n) is 6.60. The Hall–Kier alpha value is -1.10. The number of hydrogen-bond donors (Lipinski definition) is 1. The lowest BCUT2D eigenvalue weighted by atomic mass is 10.1. The van der Waals surface area contributed by atoms with Crippen molar-refractivity contribution < 1.29 is 0 Å². The van der Waals surface area contributed by atoms with Gasteiger partial charge in [0.15, 0.2) is 0 Å². The van der Waals surface area contributed by atoms with E-state index in [-0.39, 0.29) is 5.28 Å². The Bertz CT molecular complexity index is 398. The summed E-state index contributed by atoms with van der Waals surface area (Å²) >= 11 is 5.95. The van der Waals surface area contributed by atoms with E-state index in [1.165, 1.54) is 25.7 Å². The molecule has 2 heterocycles. The van der Waals surface area contributed by atoms with Crippen LogP contribution in [0, 0.1) is 0 Å². The van der Waals surface area contributed by atoms with E-state index in [2.05, 4.69) is 32.1 Å². The van der Waals surface area contributed by atoms with Crippen molar-refractivity contribution in [2.24, 2.45) is 0 Å². The van der Waals surface area contributed by atoms with Crippen molar-refractivity contribution >= 4 is 23.5 Å². The maximum atomic E-state index is 5.95. The van der Waals surface area contributed by atoms with Crippen LogP contribution in [0.4, 0.5) is 11.9 Å². The van der Waals surface area contributed by atoms with Crippen molar-refractivity contribution in [1.29, 1.82) is 0 Å². The predicted molar refractivity (Wildman–Crippen MR) is 74.3 cm³/mol. The van der Waals surface area contributed by atoms with Crippen LogP contribution < -0.4 is 10.2 Å². The van der Waals surface area contributed by atoms with Gasteiger partial charge in [0, 0.05) is 19.6 Å². The molecule has 1 unspecified atom stereocenters. The zero-order valence-corrected chi connectivity index (χ0v) is 11.7. The predicted octanol–water partition coefficient (Wildman–Crippen LogP) is 2.73. The summed E-state index contributed by atoms with van der Waals surface area (Å²) in [6.07, 6.45) is 6.07. The Morgan fingerprint density at radius 2 is 2.11 bits per heavy atom. The first-order chi connectivity index (χ1) is 8.74. The molecule has 1 aliphatic heterocycles. The maximum Gasteiger partial charge on any atom is 0.231 e. The lowest BCUT2D eigenvalue weighted by Crippen LogP contribution is -2.36. The topological polar surface area (TPSA) is 53.9 Å². The van der Waals surface area contributed by atoms with Crippen LogP contribution in [0.5, 0.6) is 0 Å². The third-order valence-corrected chi connectivity index (χ3v) is 3.59. The second-order valence-electron chi connectivity index (χ2n) is 4.58. The van der Waals surface area contributed by atoms with Gasteiger partial charge in [-0.25, -0.2) is 0 Å². The summed E-state index contributed by atoms with van der Waals surface area (Å²) in [5.74, 6) is 1.23. The van der Waals surface area contributed by atoms with Gasteiger partial charge in [-0.05, 0) is 30.9 Å². The highest BCUT2D eigenvalue weighted by molar-refractivity contribution is 6.28. The van der Waals surface area contributed by atoms with Gasteiger partial charge in [0.2, 0.25) is 17.2 Å². The van der Waals surface area contributed by atoms with Crippen molar-refractivity contribution in [2.45, 2.75) is 45.1 Å². The molecule has 1 aliphatic rings. The molecular weight excluding hydrogens is 250 g/mol. The summed E-state index contributed by atoms with van der Waals surface area (Å²) in [5.41, 5.74) is 0. The van der Waals surface area contributed by atoms with Gasteiger partial charge in [-0.2, -0.15) is 15.0 Å². The molecule has 0 aromatic carbocycles. The standard InChI is InChI=1S/C12H20ClN5/c1-3-9-7-5-4-6-8-18(9)12-16-10(13)15-11(14-2)17-12/h9H,3-8H2,1-2H3,(H,14,15,16,17). The monoisotopic (exact) mass is 269 g/mol. The molecule has 1 N–H and O–H groups in total. The van der Waals surface area contributed by atoms with Crippen molar-refractivity contribution in [1.82, 2.24) is 15.0 Å². The van der Waals surface area contributed by atoms with Crippen LogP contribution in [0.2, 0.25) is 5.28 Å². The Morgan fingerprint density at radius 3 is 2.83 bits per heavy atom. The number of nitrogens with zero attached hydrogens (tertiary/aromatic N) is 4. The molecule has 0 saturated carbocycles. The number of halogens is 1. The highest BCUT2D eigenvalue weighted by Gasteiger charge is 2.22. The first kappa shape index (κ1) is 13.3. The van der Waals surface area contributed by atoms with E-state index in [1.807, 2.05) is 0 Å². The molecule has 5 nitrogen and oxygen atoms in total. The quantitative estimate of drug-likeness (QED) is 0.914. The third-order valence-electron chi connectivity index (χ3n) is 3.43. The number of hydrogen-bond acceptors (Lipinski definition) is 5. The van der Waals surface area contributed by atoms with Crippen LogP contribution in [-0.4, -0.2) is 34.6 Å². The second-order valence-corrected chi connectivity index (χ2v) is 4.92. The van der Waals surface area contributed by atoms with Crippen LogP contribution in [0.15, 0.2) is 0 Å². The smallest absolute Gasteiger partial charge is 0.231 e. The summed E-state index contributed by atoms with van der Waals surface area (Å²) in [4.78, 5) is 15.0. The minimum absolute atomic E-state index is 0.253. The van der Waals surface area contributed by atoms with Gasteiger partial charge in [0.05, 0.1) is 0 Å². The molecule has 1 saturated heterocycles. The summed E-state index contributed by atoms with van der Waals surface area (Å²) in [5, 5.41) is 3.18. The lowest BCUT2D eigenvalue weighted by molar-refractivity contribution is 0.547. The number of anilines is 2. The fourth-order valence-corrected chi connectivity index (χ4v) is 2.60. The summed E-state index contributed by atoms with van der Waals surface area (Å²) in [6, 6.07) is 0.510. The molecule has 1 aromatic rings. The third kappa shape index (κ3) is 3.02. The molecule has 100 valence electrons. The first-order valence-corrected chi connectivity index (χ1v) is 6.98. The zero-order chi connectivity index (χ0) is 13.0. The van der Waals surface area contributed by atoms with Crippen molar-refractivity contribution in [2.75, 3.05) is 23.8 Å². The molecule has 1 aromatic heterocycles. The molecule has 0 amide bonds.